The van der Waals surface area contributed by atoms with E-state index in [0.717, 1.165) is 26.2 Å². The second-order valence-corrected chi connectivity index (χ2v) is 2.38. The molecule has 1 aliphatic heterocycles. The van der Waals surface area contributed by atoms with Crippen molar-refractivity contribution in [2.45, 2.75) is 13.3 Å². The predicted molar refractivity (Wildman–Crippen MR) is 37.2 cm³/mol. The van der Waals surface area contributed by atoms with Gasteiger partial charge >= 0.3 is 0 Å². The van der Waals surface area contributed by atoms with Gasteiger partial charge in [0.1, 0.15) is 20.2 Å². The van der Waals surface area contributed by atoms with Crippen molar-refractivity contribution in [3.05, 3.63) is 0 Å². The molecule has 0 aromatic heterocycles. The highest BCUT2D eigenvalue weighted by Crippen LogP contribution is 1.98. The summed E-state index contributed by atoms with van der Waals surface area (Å²) in [5, 5.41) is 0. The molecule has 1 aliphatic rings. The third kappa shape index (κ3) is 1.52. The topological polar surface area (TPSA) is 12.2 Å². The van der Waals surface area contributed by atoms with E-state index in [0.29, 0.717) is 0 Å². The van der Waals surface area contributed by atoms with E-state index in [-0.39, 0.29) is 0 Å². The van der Waals surface area contributed by atoms with Gasteiger partial charge in [0.15, 0.2) is 5.71 Å². The van der Waals surface area contributed by atoms with Crippen molar-refractivity contribution >= 4 is 5.71 Å². The van der Waals surface area contributed by atoms with E-state index < -0.39 is 0 Å². The van der Waals surface area contributed by atoms with Crippen LogP contribution in [0.5, 0.6) is 0 Å². The summed E-state index contributed by atoms with van der Waals surface area (Å²) in [4.78, 5) is 0. The zero-order valence-electron chi connectivity index (χ0n) is 6.18. The first-order valence-corrected chi connectivity index (χ1v) is 3.48. The quantitative estimate of drug-likeness (QED) is 0.469. The van der Waals surface area contributed by atoms with Gasteiger partial charge in [0, 0.05) is 0 Å². The lowest BCUT2D eigenvalue weighted by atomic mass is 10.3. The number of rotatable bonds is 1. The zero-order chi connectivity index (χ0) is 6.69. The van der Waals surface area contributed by atoms with Crippen molar-refractivity contribution < 1.29 is 9.31 Å². The first-order valence-electron chi connectivity index (χ1n) is 3.48. The van der Waals surface area contributed by atoms with E-state index in [1.807, 2.05) is 0 Å². The van der Waals surface area contributed by atoms with Crippen molar-refractivity contribution in [3.8, 4) is 0 Å². The van der Waals surface area contributed by atoms with E-state index in [9.17, 15) is 0 Å². The fraction of sp³-hybridized carbons (Fsp3) is 0.857. The highest BCUT2D eigenvalue weighted by atomic mass is 16.5. The van der Waals surface area contributed by atoms with Gasteiger partial charge in [0.2, 0.25) is 0 Å². The molecule has 0 amide bonds. The Balaban J connectivity index is 2.55. The highest BCUT2D eigenvalue weighted by molar-refractivity contribution is 5.82. The summed E-state index contributed by atoms with van der Waals surface area (Å²) in [6, 6.07) is 0. The summed E-state index contributed by atoms with van der Waals surface area (Å²) in [7, 11) is 2.12. The molecule has 0 bridgehead atoms. The van der Waals surface area contributed by atoms with Crippen LogP contribution >= 0.6 is 0 Å². The molecule has 52 valence electrons. The van der Waals surface area contributed by atoms with Crippen molar-refractivity contribution in [1.82, 2.24) is 0 Å². The van der Waals surface area contributed by atoms with Gasteiger partial charge in [-0.05, 0) is 6.92 Å². The smallest absolute Gasteiger partial charge is 0.180 e. The summed E-state index contributed by atoms with van der Waals surface area (Å²) in [5.74, 6) is 0. The number of nitrogens with zero attached hydrogens (tertiary/aromatic N) is 1. The van der Waals surface area contributed by atoms with Crippen molar-refractivity contribution in [2.75, 3.05) is 26.8 Å². The molecule has 0 aromatic rings. The number of hydrogen-bond donors (Lipinski definition) is 0. The van der Waals surface area contributed by atoms with Crippen LogP contribution in [0.25, 0.3) is 0 Å². The fourth-order valence-corrected chi connectivity index (χ4v) is 0.977. The Morgan fingerprint density at radius 2 is 2.44 bits per heavy atom. The van der Waals surface area contributed by atoms with Gasteiger partial charge in [-0.25, -0.2) is 4.58 Å². The molecule has 0 atom stereocenters. The van der Waals surface area contributed by atoms with Crippen LogP contribution in [0.3, 0.4) is 0 Å². The predicted octanol–water partition coefficient (Wildman–Crippen LogP) is 0.510. The maximum atomic E-state index is 5.20. The van der Waals surface area contributed by atoms with Crippen molar-refractivity contribution in [1.29, 1.82) is 0 Å². The fourth-order valence-electron chi connectivity index (χ4n) is 0.977. The maximum absolute atomic E-state index is 5.20. The molecule has 0 saturated carbocycles. The van der Waals surface area contributed by atoms with Crippen molar-refractivity contribution in [2.24, 2.45) is 0 Å². The third-order valence-electron chi connectivity index (χ3n) is 1.82. The minimum Gasteiger partial charge on any atom is -0.370 e. The average Bonchev–Trinajstić information content (AvgIpc) is 2.37. The lowest BCUT2D eigenvalue weighted by Crippen LogP contribution is -2.16. The molecule has 9 heavy (non-hydrogen) atoms. The highest BCUT2D eigenvalue weighted by Gasteiger charge is 2.15. The van der Waals surface area contributed by atoms with Gasteiger partial charge in [-0.3, -0.25) is 0 Å². The molecule has 1 fully saturated rings. The minimum atomic E-state index is 0.852. The lowest BCUT2D eigenvalue weighted by Gasteiger charge is -1.93. The molecule has 0 unspecified atom stereocenters. The molecule has 2 nitrogen and oxygen atoms in total. The largest absolute Gasteiger partial charge is 0.370 e. The molecule has 0 N–H and O–H groups in total. The van der Waals surface area contributed by atoms with Crippen molar-refractivity contribution in [3.63, 3.8) is 0 Å². The van der Waals surface area contributed by atoms with Gasteiger partial charge in [-0.1, -0.05) is 0 Å². The monoisotopic (exact) mass is 128 g/mol. The van der Waals surface area contributed by atoms with Gasteiger partial charge in [0.05, 0.1) is 13.0 Å². The number of hydrogen-bond acceptors (Lipinski definition) is 1. The van der Waals surface area contributed by atoms with E-state index in [2.05, 4.69) is 18.5 Å². The molecular weight excluding hydrogens is 114 g/mol. The first kappa shape index (κ1) is 6.75. The molecule has 0 radical (unpaired) electrons. The molecular formula is C7H14NO+. The van der Waals surface area contributed by atoms with E-state index in [1.165, 1.54) is 5.71 Å². The van der Waals surface area contributed by atoms with Gasteiger partial charge < -0.3 is 4.74 Å². The van der Waals surface area contributed by atoms with Crippen LogP contribution in [-0.4, -0.2) is 37.1 Å². The van der Waals surface area contributed by atoms with Crippen LogP contribution in [0, 0.1) is 0 Å². The Hall–Kier alpha value is -0.370. The Morgan fingerprint density at radius 3 is 2.89 bits per heavy atom. The first-order chi connectivity index (χ1) is 4.34. The second kappa shape index (κ2) is 2.97. The Bertz CT molecular complexity index is 121. The molecule has 0 spiro atoms. The average molecular weight is 128 g/mol. The van der Waals surface area contributed by atoms with Crippen LogP contribution in [0.15, 0.2) is 0 Å². The Morgan fingerprint density at radius 1 is 1.67 bits per heavy atom. The summed E-state index contributed by atoms with van der Waals surface area (Å²) in [5.41, 5.74) is 1.44. The zero-order valence-corrected chi connectivity index (χ0v) is 6.18. The normalized spacial score (nSPS) is 24.7. The number of ether oxygens (including phenoxy) is 1. The second-order valence-electron chi connectivity index (χ2n) is 2.38. The van der Waals surface area contributed by atoms with E-state index >= 15 is 0 Å². The Labute approximate surface area is 56.1 Å². The van der Waals surface area contributed by atoms with Gasteiger partial charge in [-0.2, -0.15) is 0 Å². The molecule has 1 heterocycles. The maximum Gasteiger partial charge on any atom is 0.180 e. The lowest BCUT2D eigenvalue weighted by molar-refractivity contribution is -0.495. The summed E-state index contributed by atoms with van der Waals surface area (Å²) >= 11 is 0. The standard InChI is InChI=1S/C7H14NO/c1-3-8(2)7-4-5-9-6-7/h3-6H2,1-2H3/q+1/b8-7-. The third-order valence-corrected chi connectivity index (χ3v) is 1.82. The summed E-state index contributed by atoms with van der Waals surface area (Å²) < 4.78 is 7.46. The van der Waals surface area contributed by atoms with Crippen LogP contribution in [0.2, 0.25) is 0 Å². The molecule has 1 saturated heterocycles. The summed E-state index contributed by atoms with van der Waals surface area (Å²) in [6.45, 7) is 5.02. The molecule has 1 rings (SSSR count). The van der Waals surface area contributed by atoms with Gasteiger partial charge in [0.25, 0.3) is 0 Å². The Kier molecular flexibility index (Phi) is 2.22. The molecule has 0 aliphatic carbocycles. The van der Waals surface area contributed by atoms with Crippen LogP contribution in [0.1, 0.15) is 13.3 Å². The van der Waals surface area contributed by atoms with Crippen LogP contribution < -0.4 is 0 Å². The van der Waals surface area contributed by atoms with Crippen LogP contribution in [0.4, 0.5) is 0 Å². The van der Waals surface area contributed by atoms with Gasteiger partial charge in [-0.15, -0.1) is 0 Å². The SMILES string of the molecule is CC/[N+](C)=C1/CCOC1. The van der Waals surface area contributed by atoms with E-state index in [4.69, 9.17) is 4.74 Å². The van der Waals surface area contributed by atoms with E-state index in [1.54, 1.807) is 0 Å². The summed E-state index contributed by atoms with van der Waals surface area (Å²) in [6.07, 6.45) is 1.13. The van der Waals surface area contributed by atoms with Crippen LogP contribution in [-0.2, 0) is 4.74 Å². The molecule has 2 heteroatoms. The molecule has 0 aromatic carbocycles. The minimum absolute atomic E-state index is 0.852.